The minimum Gasteiger partial charge on any atom is -0.395 e. The molecule has 318 valence electrons. The standard InChI is InChI=1S/C36H71O4P.C10H23NO/c1-3-5-7-9-11-13-15-17-19-21-23-25-27-29-31-33-35-39-41(37,38)40-36-34-32-30-28-26-24-22-20-18-16-14-12-10-8-6-4-2;1-3-5-7-11(9-10-12)8-6-4-2/h17-20H,3-16,21-36H2,1-2H3,(H,37,38);12H,3-10H2,1-2H3. The Balaban J connectivity index is 0. The molecule has 53 heavy (non-hydrogen) atoms. The number of unbranched alkanes of at least 4 members (excludes halogenated alkanes) is 26. The number of phosphoric ester groups is 1. The minimum atomic E-state index is -3.89. The molecule has 0 unspecified atom stereocenters. The van der Waals surface area contributed by atoms with Crippen LogP contribution in [0.4, 0.5) is 0 Å². The predicted molar refractivity (Wildman–Crippen MR) is 234 cm³/mol. The molecule has 0 aromatic heterocycles. The van der Waals surface area contributed by atoms with Crippen molar-refractivity contribution in [2.24, 2.45) is 0 Å². The van der Waals surface area contributed by atoms with Gasteiger partial charge in [-0.1, -0.05) is 180 Å². The largest absolute Gasteiger partial charge is 0.472 e. The number of aliphatic hydroxyl groups excluding tert-OH is 1. The zero-order chi connectivity index (χ0) is 39.2. The second-order valence-corrected chi connectivity index (χ2v) is 16.7. The highest BCUT2D eigenvalue weighted by molar-refractivity contribution is 7.47. The van der Waals surface area contributed by atoms with E-state index in [1.54, 1.807) is 0 Å². The van der Waals surface area contributed by atoms with Gasteiger partial charge in [0.2, 0.25) is 0 Å². The molecule has 0 rings (SSSR count). The highest BCUT2D eigenvalue weighted by atomic mass is 31.2. The van der Waals surface area contributed by atoms with Crippen LogP contribution >= 0.6 is 7.82 Å². The Morgan fingerprint density at radius 3 is 1.00 bits per heavy atom. The quantitative estimate of drug-likeness (QED) is 0.0365. The summed E-state index contributed by atoms with van der Waals surface area (Å²) in [5.74, 6) is 0. The molecule has 0 aromatic carbocycles. The number of hydrogen-bond donors (Lipinski definition) is 2. The summed E-state index contributed by atoms with van der Waals surface area (Å²) >= 11 is 0. The third kappa shape index (κ3) is 49.5. The number of allylic oxidation sites excluding steroid dienone is 4. The Morgan fingerprint density at radius 2 is 0.698 bits per heavy atom. The first-order chi connectivity index (χ1) is 26.0. The highest BCUT2D eigenvalue weighted by Crippen LogP contribution is 2.43. The van der Waals surface area contributed by atoms with Crippen molar-refractivity contribution in [3.8, 4) is 0 Å². The van der Waals surface area contributed by atoms with Crippen LogP contribution in [0.15, 0.2) is 24.3 Å². The second-order valence-electron chi connectivity index (χ2n) is 15.3. The van der Waals surface area contributed by atoms with Crippen LogP contribution in [0, 0.1) is 0 Å². The van der Waals surface area contributed by atoms with Crippen molar-refractivity contribution in [3.63, 3.8) is 0 Å². The molecule has 0 heterocycles. The van der Waals surface area contributed by atoms with Gasteiger partial charge < -0.3 is 14.9 Å². The molecular formula is C46H94NO5P. The Labute approximate surface area is 332 Å². The molecule has 0 atom stereocenters. The molecule has 0 spiro atoms. The maximum absolute atomic E-state index is 12.0. The molecule has 0 fully saturated rings. The lowest BCUT2D eigenvalue weighted by Crippen LogP contribution is -2.28. The molecule has 0 saturated heterocycles. The molecule has 0 aliphatic heterocycles. The van der Waals surface area contributed by atoms with Crippen LogP contribution in [-0.2, 0) is 13.6 Å². The molecule has 7 heteroatoms. The monoisotopic (exact) mass is 772 g/mol. The van der Waals surface area contributed by atoms with Crippen molar-refractivity contribution in [2.75, 3.05) is 39.5 Å². The molecule has 0 amide bonds. The number of aliphatic hydroxyl groups is 1. The molecule has 0 aliphatic rings. The van der Waals surface area contributed by atoms with E-state index in [2.05, 4.69) is 56.9 Å². The Hall–Kier alpha value is -0.490. The SMILES string of the molecule is CCCCCCCCC=CCCCCCCCCOP(=O)(O)OCCCCCCCCC=CCCCCCCCC.CCCCN(CCO)CCCC. The first-order valence-electron chi connectivity index (χ1n) is 23.2. The lowest BCUT2D eigenvalue weighted by atomic mass is 10.1. The lowest BCUT2D eigenvalue weighted by Gasteiger charge is -2.20. The fraction of sp³-hybridized carbons (Fsp3) is 0.913. The van der Waals surface area contributed by atoms with Crippen LogP contribution in [0.25, 0.3) is 0 Å². The van der Waals surface area contributed by atoms with Gasteiger partial charge in [0, 0.05) is 6.54 Å². The summed E-state index contributed by atoms with van der Waals surface area (Å²) < 4.78 is 22.3. The summed E-state index contributed by atoms with van der Waals surface area (Å²) in [5.41, 5.74) is 0. The van der Waals surface area contributed by atoms with Gasteiger partial charge in [-0.25, -0.2) is 4.57 Å². The van der Waals surface area contributed by atoms with Crippen molar-refractivity contribution < 1.29 is 23.6 Å². The van der Waals surface area contributed by atoms with Crippen molar-refractivity contribution in [1.82, 2.24) is 4.90 Å². The first kappa shape index (κ1) is 54.6. The van der Waals surface area contributed by atoms with E-state index >= 15 is 0 Å². The predicted octanol–water partition coefficient (Wildman–Crippen LogP) is 15.1. The molecule has 0 aliphatic carbocycles. The molecule has 2 N–H and O–H groups in total. The zero-order valence-electron chi connectivity index (χ0n) is 36.2. The van der Waals surface area contributed by atoms with Crippen LogP contribution in [0.1, 0.15) is 233 Å². The van der Waals surface area contributed by atoms with Gasteiger partial charge in [-0.05, 0) is 90.1 Å². The van der Waals surface area contributed by atoms with E-state index in [0.717, 1.165) is 58.2 Å². The summed E-state index contributed by atoms with van der Waals surface area (Å²) in [6.07, 6.45) is 49.3. The van der Waals surface area contributed by atoms with E-state index in [1.807, 2.05) is 0 Å². The van der Waals surface area contributed by atoms with Gasteiger partial charge in [-0.2, -0.15) is 0 Å². The summed E-state index contributed by atoms with van der Waals surface area (Å²) in [4.78, 5) is 12.2. The maximum atomic E-state index is 12.0. The van der Waals surface area contributed by atoms with Crippen LogP contribution in [0.2, 0.25) is 0 Å². The van der Waals surface area contributed by atoms with Gasteiger partial charge in [0.05, 0.1) is 19.8 Å². The van der Waals surface area contributed by atoms with Gasteiger partial charge in [0.25, 0.3) is 0 Å². The average molecular weight is 772 g/mol. The minimum absolute atomic E-state index is 0.299. The van der Waals surface area contributed by atoms with E-state index in [-0.39, 0.29) is 0 Å². The Kier molecular flexibility index (Phi) is 49.1. The Morgan fingerprint density at radius 1 is 0.415 bits per heavy atom. The van der Waals surface area contributed by atoms with Crippen LogP contribution in [-0.4, -0.2) is 54.4 Å². The maximum Gasteiger partial charge on any atom is 0.472 e. The number of phosphoric acid groups is 1. The third-order valence-corrected chi connectivity index (χ3v) is 10.9. The number of hydrogen-bond acceptors (Lipinski definition) is 5. The van der Waals surface area contributed by atoms with Crippen molar-refractivity contribution >= 4 is 7.82 Å². The van der Waals surface area contributed by atoms with Crippen LogP contribution in [0.3, 0.4) is 0 Å². The smallest absolute Gasteiger partial charge is 0.395 e. The van der Waals surface area contributed by atoms with Crippen molar-refractivity contribution in [1.29, 1.82) is 0 Å². The molecule has 0 aromatic rings. The fourth-order valence-electron chi connectivity index (χ4n) is 6.34. The van der Waals surface area contributed by atoms with E-state index in [0.29, 0.717) is 19.8 Å². The van der Waals surface area contributed by atoms with E-state index in [9.17, 15) is 9.46 Å². The molecular weight excluding hydrogens is 677 g/mol. The van der Waals surface area contributed by atoms with E-state index in [4.69, 9.17) is 14.2 Å². The normalized spacial score (nSPS) is 13.0. The van der Waals surface area contributed by atoms with Crippen molar-refractivity contribution in [2.45, 2.75) is 233 Å². The third-order valence-electron chi connectivity index (χ3n) is 9.89. The molecule has 6 nitrogen and oxygen atoms in total. The van der Waals surface area contributed by atoms with Crippen LogP contribution in [0.5, 0.6) is 0 Å². The topological polar surface area (TPSA) is 79.2 Å². The van der Waals surface area contributed by atoms with E-state index < -0.39 is 7.82 Å². The number of nitrogens with zero attached hydrogens (tertiary/aromatic N) is 1. The molecule has 0 radical (unpaired) electrons. The van der Waals surface area contributed by atoms with Crippen molar-refractivity contribution in [3.05, 3.63) is 24.3 Å². The van der Waals surface area contributed by atoms with Crippen LogP contribution < -0.4 is 0 Å². The first-order valence-corrected chi connectivity index (χ1v) is 24.7. The molecule has 0 bridgehead atoms. The van der Waals surface area contributed by atoms with Gasteiger partial charge in [-0.3, -0.25) is 9.05 Å². The molecule has 0 saturated carbocycles. The summed E-state index contributed by atoms with van der Waals surface area (Å²) in [6, 6.07) is 0. The van der Waals surface area contributed by atoms with Gasteiger partial charge in [-0.15, -0.1) is 0 Å². The number of rotatable bonds is 42. The zero-order valence-corrected chi connectivity index (χ0v) is 37.1. The van der Waals surface area contributed by atoms with E-state index in [1.165, 1.54) is 167 Å². The summed E-state index contributed by atoms with van der Waals surface area (Å²) in [7, 11) is -3.89. The fourth-order valence-corrected chi connectivity index (χ4v) is 7.13. The Bertz CT molecular complexity index is 721. The lowest BCUT2D eigenvalue weighted by molar-refractivity contribution is 0.145. The van der Waals surface area contributed by atoms with Gasteiger partial charge >= 0.3 is 7.82 Å². The average Bonchev–Trinajstić information content (AvgIpc) is 3.15. The summed E-state index contributed by atoms with van der Waals surface area (Å²) in [6.45, 7) is 13.0. The summed E-state index contributed by atoms with van der Waals surface area (Å²) in [5, 5.41) is 8.79. The second kappa shape index (κ2) is 47.7. The van der Waals surface area contributed by atoms with Gasteiger partial charge in [0.15, 0.2) is 0 Å². The van der Waals surface area contributed by atoms with Gasteiger partial charge in [0.1, 0.15) is 0 Å². The highest BCUT2D eigenvalue weighted by Gasteiger charge is 2.19.